The highest BCUT2D eigenvalue weighted by molar-refractivity contribution is 5.79. The predicted octanol–water partition coefficient (Wildman–Crippen LogP) is 3.09. The lowest BCUT2D eigenvalue weighted by molar-refractivity contribution is 0.0169. The van der Waals surface area contributed by atoms with Crippen LogP contribution in [0.5, 0.6) is 11.5 Å². The molecule has 1 aromatic rings. The van der Waals surface area contributed by atoms with Crippen molar-refractivity contribution in [3.05, 3.63) is 23.8 Å². The van der Waals surface area contributed by atoms with Gasteiger partial charge in [-0.3, -0.25) is 4.99 Å². The summed E-state index contributed by atoms with van der Waals surface area (Å²) in [5, 5.41) is 16.7. The first-order valence-electron chi connectivity index (χ1n) is 10.1. The van der Waals surface area contributed by atoms with Crippen molar-refractivity contribution in [1.82, 2.24) is 10.6 Å². The van der Waals surface area contributed by atoms with Gasteiger partial charge in [0.25, 0.3) is 0 Å². The van der Waals surface area contributed by atoms with Gasteiger partial charge in [0.05, 0.1) is 13.2 Å². The summed E-state index contributed by atoms with van der Waals surface area (Å²) in [4.78, 5) is 4.28. The molecule has 0 bridgehead atoms. The summed E-state index contributed by atoms with van der Waals surface area (Å²) >= 11 is 0. The molecule has 0 aromatic heterocycles. The molecular formula is C21H35N3O3. The molecule has 2 rings (SSSR count). The molecular weight excluding hydrogens is 342 g/mol. The van der Waals surface area contributed by atoms with Gasteiger partial charge in [-0.05, 0) is 50.2 Å². The Labute approximate surface area is 163 Å². The number of hydrogen-bond donors (Lipinski definition) is 3. The summed E-state index contributed by atoms with van der Waals surface area (Å²) in [5.74, 6) is 2.41. The first-order chi connectivity index (χ1) is 13.2. The van der Waals surface area contributed by atoms with E-state index in [1.165, 1.54) is 25.7 Å². The molecule has 152 valence electrons. The largest absolute Gasteiger partial charge is 0.508 e. The molecule has 1 atom stereocenters. The van der Waals surface area contributed by atoms with E-state index in [1.807, 2.05) is 12.1 Å². The number of methoxy groups -OCH3 is 1. The third-order valence-electron chi connectivity index (χ3n) is 5.23. The number of nitrogens with one attached hydrogen (secondary N) is 2. The molecule has 27 heavy (non-hydrogen) atoms. The number of nitrogens with zero attached hydrogens (tertiary/aromatic N) is 1. The SMILES string of the molecule is CCOC(CCNC(=NC)NCCc1ccc(OC)cc1O)C1CCCC1. The predicted molar refractivity (Wildman–Crippen MR) is 110 cm³/mol. The smallest absolute Gasteiger partial charge is 0.190 e. The Morgan fingerprint density at radius 2 is 2.00 bits per heavy atom. The fourth-order valence-electron chi connectivity index (χ4n) is 3.75. The molecule has 1 unspecified atom stereocenters. The van der Waals surface area contributed by atoms with E-state index in [0.717, 1.165) is 31.1 Å². The van der Waals surface area contributed by atoms with Gasteiger partial charge in [0.1, 0.15) is 11.5 Å². The highest BCUT2D eigenvalue weighted by Gasteiger charge is 2.25. The zero-order chi connectivity index (χ0) is 19.5. The maximum atomic E-state index is 10.0. The lowest BCUT2D eigenvalue weighted by atomic mass is 9.98. The molecule has 6 heteroatoms. The first-order valence-corrected chi connectivity index (χ1v) is 10.1. The van der Waals surface area contributed by atoms with Crippen molar-refractivity contribution in [3.63, 3.8) is 0 Å². The van der Waals surface area contributed by atoms with Crippen LogP contribution in [-0.2, 0) is 11.2 Å². The van der Waals surface area contributed by atoms with Crippen molar-refractivity contribution in [3.8, 4) is 11.5 Å². The van der Waals surface area contributed by atoms with Crippen LogP contribution in [-0.4, -0.2) is 51.0 Å². The van der Waals surface area contributed by atoms with Gasteiger partial charge >= 0.3 is 0 Å². The molecule has 1 aromatic carbocycles. The Morgan fingerprint density at radius 1 is 1.26 bits per heavy atom. The van der Waals surface area contributed by atoms with Gasteiger partial charge in [-0.25, -0.2) is 0 Å². The average Bonchev–Trinajstić information content (AvgIpc) is 3.21. The van der Waals surface area contributed by atoms with Crippen molar-refractivity contribution in [1.29, 1.82) is 0 Å². The molecule has 6 nitrogen and oxygen atoms in total. The Morgan fingerprint density at radius 3 is 2.63 bits per heavy atom. The normalized spacial score (nSPS) is 16.3. The van der Waals surface area contributed by atoms with Crippen LogP contribution in [0.4, 0.5) is 0 Å². The van der Waals surface area contributed by atoms with E-state index in [-0.39, 0.29) is 5.75 Å². The molecule has 0 spiro atoms. The van der Waals surface area contributed by atoms with E-state index in [9.17, 15) is 5.11 Å². The Kier molecular flexibility index (Phi) is 9.25. The third kappa shape index (κ3) is 6.94. The number of ether oxygens (including phenoxy) is 2. The van der Waals surface area contributed by atoms with Crippen molar-refractivity contribution in [2.75, 3.05) is 33.9 Å². The zero-order valence-corrected chi connectivity index (χ0v) is 17.0. The van der Waals surface area contributed by atoms with Crippen LogP contribution in [0.1, 0.15) is 44.6 Å². The Hall–Kier alpha value is -1.95. The number of aliphatic imine (C=N–C) groups is 1. The molecule has 1 saturated carbocycles. The summed E-state index contributed by atoms with van der Waals surface area (Å²) < 4.78 is 11.1. The molecule has 3 N–H and O–H groups in total. The number of benzene rings is 1. The van der Waals surface area contributed by atoms with Crippen LogP contribution < -0.4 is 15.4 Å². The molecule has 1 fully saturated rings. The van der Waals surface area contributed by atoms with Crippen LogP contribution in [0.25, 0.3) is 0 Å². The minimum Gasteiger partial charge on any atom is -0.508 e. The van der Waals surface area contributed by atoms with Crippen LogP contribution in [0.15, 0.2) is 23.2 Å². The fourth-order valence-corrected chi connectivity index (χ4v) is 3.75. The number of guanidine groups is 1. The summed E-state index contributed by atoms with van der Waals surface area (Å²) in [6, 6.07) is 5.39. The number of phenolic OH excluding ortho intramolecular Hbond substituents is 1. The van der Waals surface area contributed by atoms with Gasteiger partial charge in [0.2, 0.25) is 0 Å². The van der Waals surface area contributed by atoms with Crippen LogP contribution in [0, 0.1) is 5.92 Å². The van der Waals surface area contributed by atoms with E-state index >= 15 is 0 Å². The van der Waals surface area contributed by atoms with Gasteiger partial charge in [-0.1, -0.05) is 18.9 Å². The second-order valence-electron chi connectivity index (χ2n) is 7.00. The second-order valence-corrected chi connectivity index (χ2v) is 7.00. The van der Waals surface area contributed by atoms with Gasteiger partial charge in [0.15, 0.2) is 5.96 Å². The Balaban J connectivity index is 1.72. The lowest BCUT2D eigenvalue weighted by Gasteiger charge is -2.24. The quantitative estimate of drug-likeness (QED) is 0.432. The first kappa shape index (κ1) is 21.4. The van der Waals surface area contributed by atoms with E-state index in [4.69, 9.17) is 9.47 Å². The van der Waals surface area contributed by atoms with Gasteiger partial charge < -0.3 is 25.2 Å². The van der Waals surface area contributed by atoms with Crippen molar-refractivity contribution < 1.29 is 14.6 Å². The standard InChI is InChI=1S/C21H35N3O3/c1-4-27-20(17-7-5-6-8-17)12-14-24-21(22-2)23-13-11-16-9-10-18(26-3)15-19(16)25/h9-10,15,17,20,25H,4-8,11-14H2,1-3H3,(H2,22,23,24). The summed E-state index contributed by atoms with van der Waals surface area (Å²) in [6.45, 7) is 4.38. The monoisotopic (exact) mass is 377 g/mol. The topological polar surface area (TPSA) is 75.1 Å². The van der Waals surface area contributed by atoms with Gasteiger partial charge in [-0.15, -0.1) is 0 Å². The fraction of sp³-hybridized carbons (Fsp3) is 0.667. The molecule has 0 radical (unpaired) electrons. The maximum Gasteiger partial charge on any atom is 0.190 e. The number of hydrogen-bond acceptors (Lipinski definition) is 4. The van der Waals surface area contributed by atoms with Crippen molar-refractivity contribution in [2.24, 2.45) is 10.9 Å². The average molecular weight is 378 g/mol. The van der Waals surface area contributed by atoms with Crippen molar-refractivity contribution >= 4 is 5.96 Å². The Bertz CT molecular complexity index is 586. The minimum absolute atomic E-state index is 0.259. The zero-order valence-electron chi connectivity index (χ0n) is 17.0. The van der Waals surface area contributed by atoms with E-state index < -0.39 is 0 Å². The number of aromatic hydroxyl groups is 1. The molecule has 0 heterocycles. The highest BCUT2D eigenvalue weighted by Crippen LogP contribution is 2.30. The van der Waals surface area contributed by atoms with Crippen LogP contribution >= 0.6 is 0 Å². The minimum atomic E-state index is 0.259. The lowest BCUT2D eigenvalue weighted by Crippen LogP contribution is -2.40. The van der Waals surface area contributed by atoms with Crippen LogP contribution in [0.3, 0.4) is 0 Å². The molecule has 0 aliphatic heterocycles. The molecule has 0 amide bonds. The summed E-state index contributed by atoms with van der Waals surface area (Å²) in [5.41, 5.74) is 0.886. The summed E-state index contributed by atoms with van der Waals surface area (Å²) in [7, 11) is 3.37. The molecule has 1 aliphatic carbocycles. The molecule has 1 aliphatic rings. The second kappa shape index (κ2) is 11.7. The maximum absolute atomic E-state index is 10.0. The van der Waals surface area contributed by atoms with E-state index in [0.29, 0.717) is 30.7 Å². The highest BCUT2D eigenvalue weighted by atomic mass is 16.5. The number of rotatable bonds is 10. The third-order valence-corrected chi connectivity index (χ3v) is 5.23. The van der Waals surface area contributed by atoms with Crippen molar-refractivity contribution in [2.45, 2.75) is 51.6 Å². The van der Waals surface area contributed by atoms with E-state index in [1.54, 1.807) is 20.2 Å². The molecule has 0 saturated heterocycles. The van der Waals surface area contributed by atoms with E-state index in [2.05, 4.69) is 22.5 Å². The summed E-state index contributed by atoms with van der Waals surface area (Å²) in [6.07, 6.45) is 7.32. The van der Waals surface area contributed by atoms with Crippen LogP contribution in [0.2, 0.25) is 0 Å². The number of phenols is 1. The van der Waals surface area contributed by atoms with Gasteiger partial charge in [-0.2, -0.15) is 0 Å². The van der Waals surface area contributed by atoms with Gasteiger partial charge in [0, 0.05) is 32.8 Å².